The highest BCUT2D eigenvalue weighted by Crippen LogP contribution is 2.02. The number of carbonyl (C=O) groups is 2. The highest BCUT2D eigenvalue weighted by molar-refractivity contribution is 5.96. The molecule has 1 aromatic rings. The first kappa shape index (κ1) is 14.3. The van der Waals surface area contributed by atoms with Gasteiger partial charge in [0.25, 0.3) is 0 Å². The Morgan fingerprint density at radius 1 is 1.28 bits per heavy atom. The van der Waals surface area contributed by atoms with Crippen LogP contribution in [0.4, 0.5) is 0 Å². The molecular weight excluding hydrogens is 234 g/mol. The Kier molecular flexibility index (Phi) is 5.48. The number of Topliss-reactive ketones (excluding diaryl/α,β-unsaturated/α-hetero) is 1. The van der Waals surface area contributed by atoms with Crippen LogP contribution in [0.25, 0.3) is 0 Å². The smallest absolute Gasteiger partial charge is 0.323 e. The molecule has 0 aliphatic heterocycles. The van der Waals surface area contributed by atoms with E-state index in [4.69, 9.17) is 5.11 Å². The molecule has 0 heterocycles. The fourth-order valence-electron chi connectivity index (χ4n) is 1.57. The Balaban J connectivity index is 2.42. The van der Waals surface area contributed by atoms with Gasteiger partial charge in [-0.25, -0.2) is 0 Å². The van der Waals surface area contributed by atoms with Gasteiger partial charge in [0, 0.05) is 18.5 Å². The van der Waals surface area contributed by atoms with Crippen molar-refractivity contribution in [3.63, 3.8) is 0 Å². The number of aliphatic carboxylic acids is 1. The van der Waals surface area contributed by atoms with E-state index in [1.54, 1.807) is 24.3 Å². The Hall–Kier alpha value is -1.72. The van der Waals surface area contributed by atoms with Gasteiger partial charge in [-0.3, -0.25) is 9.59 Å². The highest BCUT2D eigenvalue weighted by Gasteiger charge is 2.22. The minimum atomic E-state index is -1.13. The van der Waals surface area contributed by atoms with Crippen molar-refractivity contribution < 1.29 is 19.8 Å². The van der Waals surface area contributed by atoms with Gasteiger partial charge in [-0.15, -0.1) is 0 Å². The van der Waals surface area contributed by atoms with Crippen molar-refractivity contribution in [2.75, 3.05) is 6.54 Å². The summed E-state index contributed by atoms with van der Waals surface area (Å²) >= 11 is 0. The quantitative estimate of drug-likeness (QED) is 0.620. The lowest BCUT2D eigenvalue weighted by Gasteiger charge is -2.16. The maximum atomic E-state index is 11.7. The molecule has 0 fully saturated rings. The molecule has 2 atom stereocenters. The third-order valence-electron chi connectivity index (χ3n) is 2.56. The van der Waals surface area contributed by atoms with Crippen LogP contribution in [0.5, 0.6) is 0 Å². The van der Waals surface area contributed by atoms with Crippen molar-refractivity contribution in [1.82, 2.24) is 5.32 Å². The highest BCUT2D eigenvalue weighted by atomic mass is 16.4. The molecule has 0 aromatic heterocycles. The summed E-state index contributed by atoms with van der Waals surface area (Å²) in [6.07, 6.45) is -0.810. The van der Waals surface area contributed by atoms with E-state index in [2.05, 4.69) is 5.32 Å². The standard InChI is InChI=1S/C13H17NO4/c1-9(15)12(13(17)18)14-8-7-11(16)10-5-3-2-4-6-10/h2-6,9,12,14-15H,7-8H2,1H3,(H,17,18). The number of ketones is 1. The van der Waals surface area contributed by atoms with Crippen LogP contribution < -0.4 is 5.32 Å². The number of rotatable bonds is 7. The fourth-order valence-corrected chi connectivity index (χ4v) is 1.57. The lowest BCUT2D eigenvalue weighted by molar-refractivity contribution is -0.142. The second-order valence-electron chi connectivity index (χ2n) is 4.05. The number of carbonyl (C=O) groups excluding carboxylic acids is 1. The molecule has 0 saturated carbocycles. The Morgan fingerprint density at radius 3 is 2.39 bits per heavy atom. The van der Waals surface area contributed by atoms with Crippen molar-refractivity contribution in [2.24, 2.45) is 0 Å². The Labute approximate surface area is 105 Å². The molecule has 5 heteroatoms. The number of nitrogens with one attached hydrogen (secondary N) is 1. The van der Waals surface area contributed by atoms with E-state index < -0.39 is 18.1 Å². The molecule has 98 valence electrons. The Bertz CT molecular complexity index is 403. The van der Waals surface area contributed by atoms with Gasteiger partial charge in [0.15, 0.2) is 5.78 Å². The summed E-state index contributed by atoms with van der Waals surface area (Å²) in [5, 5.41) is 20.7. The summed E-state index contributed by atoms with van der Waals surface area (Å²) in [5.74, 6) is -1.19. The van der Waals surface area contributed by atoms with Crippen LogP contribution in [-0.4, -0.2) is 40.7 Å². The third kappa shape index (κ3) is 4.27. The molecule has 3 N–H and O–H groups in total. The van der Waals surface area contributed by atoms with E-state index in [0.717, 1.165) is 0 Å². The van der Waals surface area contributed by atoms with Gasteiger partial charge >= 0.3 is 5.97 Å². The van der Waals surface area contributed by atoms with E-state index >= 15 is 0 Å². The molecule has 18 heavy (non-hydrogen) atoms. The second-order valence-corrected chi connectivity index (χ2v) is 4.05. The van der Waals surface area contributed by atoms with E-state index in [-0.39, 0.29) is 18.7 Å². The summed E-state index contributed by atoms with van der Waals surface area (Å²) in [5.41, 5.74) is 0.600. The van der Waals surface area contributed by atoms with E-state index in [0.29, 0.717) is 5.56 Å². The number of carboxylic acid groups (broad SMARTS) is 1. The monoisotopic (exact) mass is 251 g/mol. The van der Waals surface area contributed by atoms with Crippen molar-refractivity contribution in [3.05, 3.63) is 35.9 Å². The largest absolute Gasteiger partial charge is 0.480 e. The zero-order valence-electron chi connectivity index (χ0n) is 10.2. The molecule has 0 amide bonds. The predicted molar refractivity (Wildman–Crippen MR) is 66.5 cm³/mol. The number of hydrogen-bond donors (Lipinski definition) is 3. The van der Waals surface area contributed by atoms with Gasteiger partial charge in [0.1, 0.15) is 6.04 Å². The van der Waals surface area contributed by atoms with Crippen LogP contribution in [0.15, 0.2) is 30.3 Å². The number of carboxylic acids is 1. The topological polar surface area (TPSA) is 86.6 Å². The molecule has 0 aliphatic carbocycles. The van der Waals surface area contributed by atoms with Gasteiger partial charge in [-0.2, -0.15) is 0 Å². The molecule has 0 spiro atoms. The normalized spacial score (nSPS) is 13.9. The molecule has 0 bridgehead atoms. The van der Waals surface area contributed by atoms with Gasteiger partial charge in [0.2, 0.25) is 0 Å². The average Bonchev–Trinajstić information content (AvgIpc) is 2.34. The van der Waals surface area contributed by atoms with Gasteiger partial charge in [-0.05, 0) is 6.92 Å². The van der Waals surface area contributed by atoms with E-state index in [1.165, 1.54) is 6.92 Å². The minimum Gasteiger partial charge on any atom is -0.480 e. The molecule has 1 aromatic carbocycles. The molecule has 0 radical (unpaired) electrons. The first-order valence-corrected chi connectivity index (χ1v) is 5.75. The van der Waals surface area contributed by atoms with Crippen LogP contribution >= 0.6 is 0 Å². The van der Waals surface area contributed by atoms with Gasteiger partial charge in [-0.1, -0.05) is 30.3 Å². The number of hydrogen-bond acceptors (Lipinski definition) is 4. The van der Waals surface area contributed by atoms with Crippen molar-refractivity contribution in [2.45, 2.75) is 25.5 Å². The fraction of sp³-hybridized carbons (Fsp3) is 0.385. The lowest BCUT2D eigenvalue weighted by Crippen LogP contribution is -2.45. The first-order valence-electron chi connectivity index (χ1n) is 5.75. The average molecular weight is 251 g/mol. The second kappa shape index (κ2) is 6.88. The number of benzene rings is 1. The summed E-state index contributed by atoms with van der Waals surface area (Å²) in [7, 11) is 0. The van der Waals surface area contributed by atoms with Crippen LogP contribution in [0.1, 0.15) is 23.7 Å². The number of aliphatic hydroxyl groups excluding tert-OH is 1. The molecular formula is C13H17NO4. The van der Waals surface area contributed by atoms with Gasteiger partial charge < -0.3 is 15.5 Å². The zero-order valence-corrected chi connectivity index (χ0v) is 10.2. The molecule has 1 rings (SSSR count). The number of aliphatic hydroxyl groups is 1. The molecule has 0 saturated heterocycles. The summed E-state index contributed by atoms with van der Waals surface area (Å²) in [4.78, 5) is 22.5. The van der Waals surface area contributed by atoms with Crippen molar-refractivity contribution >= 4 is 11.8 Å². The van der Waals surface area contributed by atoms with Crippen molar-refractivity contribution in [1.29, 1.82) is 0 Å². The van der Waals surface area contributed by atoms with Crippen molar-refractivity contribution in [3.8, 4) is 0 Å². The lowest BCUT2D eigenvalue weighted by atomic mass is 10.1. The van der Waals surface area contributed by atoms with E-state index in [9.17, 15) is 14.7 Å². The van der Waals surface area contributed by atoms with Crippen LogP contribution in [0, 0.1) is 0 Å². The van der Waals surface area contributed by atoms with E-state index in [1.807, 2.05) is 6.07 Å². The maximum absolute atomic E-state index is 11.7. The Morgan fingerprint density at radius 2 is 1.89 bits per heavy atom. The molecule has 5 nitrogen and oxygen atoms in total. The predicted octanol–water partition coefficient (Wildman–Crippen LogP) is 0.683. The molecule has 2 unspecified atom stereocenters. The summed E-state index contributed by atoms with van der Waals surface area (Å²) in [6, 6.07) is 7.75. The zero-order chi connectivity index (χ0) is 13.5. The minimum absolute atomic E-state index is 0.0576. The third-order valence-corrected chi connectivity index (χ3v) is 2.56. The molecule has 0 aliphatic rings. The SMILES string of the molecule is CC(O)C(NCCC(=O)c1ccccc1)C(=O)O. The summed E-state index contributed by atoms with van der Waals surface area (Å²) < 4.78 is 0. The maximum Gasteiger partial charge on any atom is 0.323 e. The van der Waals surface area contributed by atoms with Crippen LogP contribution in [-0.2, 0) is 4.79 Å². The summed E-state index contributed by atoms with van der Waals surface area (Å²) in [6.45, 7) is 1.61. The van der Waals surface area contributed by atoms with Crippen LogP contribution in [0.2, 0.25) is 0 Å². The first-order chi connectivity index (χ1) is 8.52. The van der Waals surface area contributed by atoms with Crippen LogP contribution in [0.3, 0.4) is 0 Å². The van der Waals surface area contributed by atoms with Gasteiger partial charge in [0.05, 0.1) is 6.10 Å².